The second-order valence-electron chi connectivity index (χ2n) is 4.97. The predicted molar refractivity (Wildman–Crippen MR) is 69.3 cm³/mol. The van der Waals surface area contributed by atoms with Crippen molar-refractivity contribution in [1.29, 1.82) is 0 Å². The van der Waals surface area contributed by atoms with Gasteiger partial charge in [-0.2, -0.15) is 0 Å². The Morgan fingerprint density at radius 3 is 2.56 bits per heavy atom. The molecule has 1 rings (SSSR count). The molecule has 0 bridgehead atoms. The molecule has 0 aromatic carbocycles. The highest BCUT2D eigenvalue weighted by atomic mass is 16.4. The van der Waals surface area contributed by atoms with Crippen molar-refractivity contribution in [2.45, 2.75) is 45.6 Å². The Balaban J connectivity index is 2.61. The number of hydrogen-bond acceptors (Lipinski definition) is 3. The third kappa shape index (κ3) is 4.29. The smallest absolute Gasteiger partial charge is 0.308 e. The maximum Gasteiger partial charge on any atom is 0.308 e. The van der Waals surface area contributed by atoms with E-state index in [1.807, 2.05) is 6.92 Å². The van der Waals surface area contributed by atoms with Gasteiger partial charge in [-0.25, -0.2) is 0 Å². The lowest BCUT2D eigenvalue weighted by molar-refractivity contribution is -0.146. The van der Waals surface area contributed by atoms with Gasteiger partial charge < -0.3 is 15.3 Å². The minimum absolute atomic E-state index is 0.0757. The summed E-state index contributed by atoms with van der Waals surface area (Å²) in [5.74, 6) is -1.16. The van der Waals surface area contributed by atoms with Crippen molar-refractivity contribution in [2.24, 2.45) is 5.92 Å². The standard InChI is InChI=1S/C13H24N2O3/c1-3-5-12(16)15-8-10(13(17)18)7-11(9-15)14-6-4-2/h10-11,14H,3-9H2,1-2H3,(H,17,18). The van der Waals surface area contributed by atoms with Crippen LogP contribution in [0.1, 0.15) is 39.5 Å². The van der Waals surface area contributed by atoms with Gasteiger partial charge in [-0.05, 0) is 25.8 Å². The van der Waals surface area contributed by atoms with Crippen LogP contribution in [0.2, 0.25) is 0 Å². The molecular formula is C13H24N2O3. The Bertz CT molecular complexity index is 294. The van der Waals surface area contributed by atoms with E-state index in [1.54, 1.807) is 4.90 Å². The van der Waals surface area contributed by atoms with Crippen LogP contribution in [-0.4, -0.2) is 47.6 Å². The number of amides is 1. The molecule has 1 saturated heterocycles. The van der Waals surface area contributed by atoms with Gasteiger partial charge in [-0.3, -0.25) is 9.59 Å². The summed E-state index contributed by atoms with van der Waals surface area (Å²) in [6.45, 7) is 5.90. The molecule has 0 radical (unpaired) electrons. The minimum atomic E-state index is -0.799. The van der Waals surface area contributed by atoms with Crippen molar-refractivity contribution in [3.63, 3.8) is 0 Å². The highest BCUT2D eigenvalue weighted by Gasteiger charge is 2.32. The lowest BCUT2D eigenvalue weighted by atomic mass is 9.94. The molecule has 5 heteroatoms. The molecule has 1 fully saturated rings. The van der Waals surface area contributed by atoms with Gasteiger partial charge in [0.25, 0.3) is 0 Å². The van der Waals surface area contributed by atoms with Gasteiger partial charge in [0.05, 0.1) is 5.92 Å². The normalized spacial score (nSPS) is 24.0. The van der Waals surface area contributed by atoms with Crippen LogP contribution in [0, 0.1) is 5.92 Å². The van der Waals surface area contributed by atoms with E-state index < -0.39 is 11.9 Å². The van der Waals surface area contributed by atoms with E-state index in [1.165, 1.54) is 0 Å². The van der Waals surface area contributed by atoms with Gasteiger partial charge >= 0.3 is 5.97 Å². The third-order valence-electron chi connectivity index (χ3n) is 3.30. The molecule has 2 unspecified atom stereocenters. The second kappa shape index (κ2) is 7.36. The first-order valence-electron chi connectivity index (χ1n) is 6.82. The average molecular weight is 256 g/mol. The van der Waals surface area contributed by atoms with Gasteiger partial charge in [-0.1, -0.05) is 13.8 Å². The molecule has 0 aromatic heterocycles. The molecule has 5 nitrogen and oxygen atoms in total. The highest BCUT2D eigenvalue weighted by Crippen LogP contribution is 2.18. The van der Waals surface area contributed by atoms with E-state index in [0.29, 0.717) is 25.9 Å². The van der Waals surface area contributed by atoms with Crippen LogP contribution in [0.3, 0.4) is 0 Å². The van der Waals surface area contributed by atoms with Crippen molar-refractivity contribution < 1.29 is 14.7 Å². The summed E-state index contributed by atoms with van der Waals surface area (Å²) in [6, 6.07) is 0.112. The highest BCUT2D eigenvalue weighted by molar-refractivity contribution is 5.78. The Kier molecular flexibility index (Phi) is 6.12. The van der Waals surface area contributed by atoms with Crippen molar-refractivity contribution in [3.8, 4) is 0 Å². The topological polar surface area (TPSA) is 69.6 Å². The fourth-order valence-electron chi connectivity index (χ4n) is 2.35. The van der Waals surface area contributed by atoms with Crippen LogP contribution in [0.25, 0.3) is 0 Å². The quantitative estimate of drug-likeness (QED) is 0.746. The van der Waals surface area contributed by atoms with E-state index in [0.717, 1.165) is 19.4 Å². The summed E-state index contributed by atoms with van der Waals surface area (Å²) >= 11 is 0. The second-order valence-corrected chi connectivity index (χ2v) is 4.97. The Morgan fingerprint density at radius 1 is 1.28 bits per heavy atom. The molecule has 1 aliphatic rings. The zero-order valence-corrected chi connectivity index (χ0v) is 11.3. The maximum absolute atomic E-state index is 11.9. The van der Waals surface area contributed by atoms with Gasteiger partial charge in [0.15, 0.2) is 0 Å². The SMILES string of the molecule is CCCNC1CC(C(=O)O)CN(C(=O)CCC)C1. The van der Waals surface area contributed by atoms with Gasteiger partial charge in [0, 0.05) is 25.6 Å². The Morgan fingerprint density at radius 2 is 2.00 bits per heavy atom. The summed E-state index contributed by atoms with van der Waals surface area (Å²) in [4.78, 5) is 24.7. The maximum atomic E-state index is 11.9. The molecule has 0 aromatic rings. The number of carbonyl (C=O) groups excluding carboxylic acids is 1. The number of nitrogens with zero attached hydrogens (tertiary/aromatic N) is 1. The van der Waals surface area contributed by atoms with Gasteiger partial charge in [0.1, 0.15) is 0 Å². The number of nitrogens with one attached hydrogen (secondary N) is 1. The van der Waals surface area contributed by atoms with E-state index in [2.05, 4.69) is 12.2 Å². The number of carboxylic acids is 1. The molecule has 1 aliphatic heterocycles. The van der Waals surface area contributed by atoms with Crippen LogP contribution >= 0.6 is 0 Å². The van der Waals surface area contributed by atoms with Crippen LogP contribution in [-0.2, 0) is 9.59 Å². The number of piperidine rings is 1. The number of carbonyl (C=O) groups is 2. The largest absolute Gasteiger partial charge is 0.481 e. The fraction of sp³-hybridized carbons (Fsp3) is 0.846. The van der Waals surface area contributed by atoms with Gasteiger partial charge in [-0.15, -0.1) is 0 Å². The molecule has 0 spiro atoms. The van der Waals surface area contributed by atoms with E-state index in [4.69, 9.17) is 5.11 Å². The van der Waals surface area contributed by atoms with E-state index in [9.17, 15) is 9.59 Å². The van der Waals surface area contributed by atoms with Crippen molar-refractivity contribution >= 4 is 11.9 Å². The summed E-state index contributed by atoms with van der Waals surface area (Å²) in [6.07, 6.45) is 2.94. The zero-order chi connectivity index (χ0) is 13.5. The van der Waals surface area contributed by atoms with Crippen LogP contribution < -0.4 is 5.32 Å². The van der Waals surface area contributed by atoms with Crippen molar-refractivity contribution in [1.82, 2.24) is 10.2 Å². The molecule has 0 aliphatic carbocycles. The summed E-state index contributed by atoms with van der Waals surface area (Å²) in [5, 5.41) is 12.5. The molecule has 2 N–H and O–H groups in total. The monoisotopic (exact) mass is 256 g/mol. The molecule has 104 valence electrons. The van der Waals surface area contributed by atoms with Crippen LogP contribution in [0.4, 0.5) is 0 Å². The number of carboxylic acid groups (broad SMARTS) is 1. The summed E-state index contributed by atoms with van der Waals surface area (Å²) in [5.41, 5.74) is 0. The fourth-order valence-corrected chi connectivity index (χ4v) is 2.35. The van der Waals surface area contributed by atoms with E-state index in [-0.39, 0.29) is 11.9 Å². The third-order valence-corrected chi connectivity index (χ3v) is 3.30. The Hall–Kier alpha value is -1.10. The first-order valence-corrected chi connectivity index (χ1v) is 6.82. The first-order chi connectivity index (χ1) is 8.58. The van der Waals surface area contributed by atoms with Crippen LogP contribution in [0.15, 0.2) is 0 Å². The number of likely N-dealkylation sites (tertiary alicyclic amines) is 1. The first kappa shape index (κ1) is 15.0. The Labute approximate surface area is 109 Å². The molecule has 1 amide bonds. The zero-order valence-electron chi connectivity index (χ0n) is 11.3. The molecule has 18 heavy (non-hydrogen) atoms. The molecular weight excluding hydrogens is 232 g/mol. The molecule has 1 heterocycles. The summed E-state index contributed by atoms with van der Waals surface area (Å²) in [7, 11) is 0. The van der Waals surface area contributed by atoms with Gasteiger partial charge in [0.2, 0.25) is 5.91 Å². The molecule has 0 saturated carbocycles. The lowest BCUT2D eigenvalue weighted by Crippen LogP contribution is -2.52. The lowest BCUT2D eigenvalue weighted by Gasteiger charge is -2.36. The number of rotatable bonds is 6. The van der Waals surface area contributed by atoms with Crippen molar-refractivity contribution in [2.75, 3.05) is 19.6 Å². The van der Waals surface area contributed by atoms with Crippen LogP contribution in [0.5, 0.6) is 0 Å². The van der Waals surface area contributed by atoms with E-state index >= 15 is 0 Å². The predicted octanol–water partition coefficient (Wildman–Crippen LogP) is 1.09. The van der Waals surface area contributed by atoms with Crippen molar-refractivity contribution in [3.05, 3.63) is 0 Å². The minimum Gasteiger partial charge on any atom is -0.481 e. The number of aliphatic carboxylic acids is 1. The summed E-state index contributed by atoms with van der Waals surface area (Å²) < 4.78 is 0. The number of hydrogen-bond donors (Lipinski definition) is 2. The molecule has 2 atom stereocenters. The average Bonchev–Trinajstić information content (AvgIpc) is 2.36.